The van der Waals surface area contributed by atoms with Crippen molar-refractivity contribution in [3.05, 3.63) is 52.3 Å². The Hall–Kier alpha value is -1.50. The summed E-state index contributed by atoms with van der Waals surface area (Å²) in [5.74, 6) is -0.685. The number of hydrogen-bond donors (Lipinski definition) is 2. The Morgan fingerprint density at radius 3 is 2.20 bits per heavy atom. The Kier molecular flexibility index (Phi) is 4.08. The third-order valence-electron chi connectivity index (χ3n) is 2.39. The van der Waals surface area contributed by atoms with E-state index in [4.69, 9.17) is 28.9 Å². The van der Waals surface area contributed by atoms with Crippen LogP contribution in [-0.4, -0.2) is 8.42 Å². The molecule has 8 heteroatoms. The van der Waals surface area contributed by atoms with Crippen molar-refractivity contribution in [1.82, 2.24) is 0 Å². The molecule has 0 aliphatic heterocycles. The number of anilines is 2. The van der Waals surface area contributed by atoms with Gasteiger partial charge in [0.15, 0.2) is 0 Å². The van der Waals surface area contributed by atoms with Crippen molar-refractivity contribution in [2.45, 2.75) is 4.90 Å². The lowest BCUT2D eigenvalue weighted by atomic mass is 10.3. The summed E-state index contributed by atoms with van der Waals surface area (Å²) in [5, 5.41) is 0.572. The zero-order valence-electron chi connectivity index (χ0n) is 9.90. The van der Waals surface area contributed by atoms with Gasteiger partial charge in [-0.15, -0.1) is 0 Å². The molecule has 0 spiro atoms. The molecule has 2 rings (SSSR count). The molecule has 0 heterocycles. The molecule has 0 saturated heterocycles. The predicted octanol–water partition coefficient (Wildman–Crippen LogP) is 3.52. The van der Waals surface area contributed by atoms with Crippen molar-refractivity contribution < 1.29 is 12.8 Å². The van der Waals surface area contributed by atoms with Crippen LogP contribution in [0.2, 0.25) is 10.0 Å². The smallest absolute Gasteiger partial charge is 0.261 e. The summed E-state index contributed by atoms with van der Waals surface area (Å²) in [6, 6.07) is 7.39. The van der Waals surface area contributed by atoms with E-state index in [0.29, 0.717) is 0 Å². The molecule has 0 aliphatic rings. The Balaban J connectivity index is 2.37. The molecule has 2 aromatic rings. The van der Waals surface area contributed by atoms with Crippen LogP contribution in [0.25, 0.3) is 0 Å². The van der Waals surface area contributed by atoms with Gasteiger partial charge in [-0.05, 0) is 36.4 Å². The van der Waals surface area contributed by atoms with Crippen molar-refractivity contribution in [1.29, 1.82) is 0 Å². The molecule has 0 unspecified atom stereocenters. The van der Waals surface area contributed by atoms with Gasteiger partial charge in [0.2, 0.25) is 0 Å². The van der Waals surface area contributed by atoms with Crippen LogP contribution in [0.1, 0.15) is 0 Å². The van der Waals surface area contributed by atoms with Gasteiger partial charge in [0.05, 0.1) is 16.3 Å². The number of rotatable bonds is 3. The number of nitrogens with two attached hydrogens (primary N) is 1. The van der Waals surface area contributed by atoms with E-state index in [1.165, 1.54) is 18.2 Å². The van der Waals surface area contributed by atoms with Gasteiger partial charge in [0.1, 0.15) is 5.82 Å². The summed E-state index contributed by atoms with van der Waals surface area (Å²) >= 11 is 11.6. The maximum atomic E-state index is 13.0. The summed E-state index contributed by atoms with van der Waals surface area (Å²) in [4.78, 5) is -0.160. The van der Waals surface area contributed by atoms with Crippen LogP contribution in [0.4, 0.5) is 15.8 Å². The van der Waals surface area contributed by atoms with Crippen LogP contribution in [0.3, 0.4) is 0 Å². The molecule has 0 aromatic heterocycles. The van der Waals surface area contributed by atoms with E-state index >= 15 is 0 Å². The molecule has 20 heavy (non-hydrogen) atoms. The Bertz CT molecular complexity index is 746. The number of nitrogen functional groups attached to an aromatic ring is 1. The van der Waals surface area contributed by atoms with Gasteiger partial charge in [-0.25, -0.2) is 12.8 Å². The average Bonchev–Trinajstić information content (AvgIpc) is 2.30. The van der Waals surface area contributed by atoms with Gasteiger partial charge < -0.3 is 5.73 Å². The van der Waals surface area contributed by atoms with Gasteiger partial charge in [0, 0.05) is 10.0 Å². The van der Waals surface area contributed by atoms with Gasteiger partial charge in [0.25, 0.3) is 10.0 Å². The molecule has 0 aliphatic carbocycles. The molecule has 0 radical (unpaired) electrons. The minimum absolute atomic E-state index is 0.160. The molecule has 0 atom stereocenters. The van der Waals surface area contributed by atoms with E-state index in [9.17, 15) is 12.8 Å². The summed E-state index contributed by atoms with van der Waals surface area (Å²) in [7, 11) is -3.90. The maximum absolute atomic E-state index is 13.0. The Morgan fingerprint density at radius 2 is 1.65 bits per heavy atom. The number of sulfonamides is 1. The standard InChI is InChI=1S/C12H9Cl2FN2O2S/c13-7-3-8(14)5-9(4-7)17-20(18,19)10-1-2-11(15)12(16)6-10/h1-6,17H,16H2. The van der Waals surface area contributed by atoms with E-state index in [1.807, 2.05) is 0 Å². The molecule has 0 amide bonds. The number of benzene rings is 2. The van der Waals surface area contributed by atoms with Crippen molar-refractivity contribution in [3.8, 4) is 0 Å². The van der Waals surface area contributed by atoms with Gasteiger partial charge in [-0.3, -0.25) is 4.72 Å². The summed E-state index contributed by atoms with van der Waals surface area (Å²) < 4.78 is 39.6. The second kappa shape index (κ2) is 5.47. The molecule has 0 saturated carbocycles. The Labute approximate surface area is 125 Å². The fourth-order valence-electron chi connectivity index (χ4n) is 1.52. The molecule has 2 aromatic carbocycles. The molecule has 106 valence electrons. The lowest BCUT2D eigenvalue weighted by molar-refractivity contribution is 0.600. The van der Waals surface area contributed by atoms with Crippen LogP contribution >= 0.6 is 23.2 Å². The molecule has 0 fully saturated rings. The zero-order chi connectivity index (χ0) is 14.9. The lowest BCUT2D eigenvalue weighted by Gasteiger charge is -2.09. The fourth-order valence-corrected chi connectivity index (χ4v) is 3.12. The molecular weight excluding hydrogens is 326 g/mol. The van der Waals surface area contributed by atoms with Crippen LogP contribution < -0.4 is 10.5 Å². The van der Waals surface area contributed by atoms with Crippen LogP contribution in [-0.2, 0) is 10.0 Å². The molecule has 3 N–H and O–H groups in total. The predicted molar refractivity (Wildman–Crippen MR) is 78.1 cm³/mol. The third-order valence-corrected chi connectivity index (χ3v) is 4.21. The number of halogens is 3. The third kappa shape index (κ3) is 3.33. The van der Waals surface area contributed by atoms with Gasteiger partial charge in [-0.1, -0.05) is 23.2 Å². The summed E-state index contributed by atoms with van der Waals surface area (Å²) in [6.45, 7) is 0. The summed E-state index contributed by atoms with van der Waals surface area (Å²) in [5.41, 5.74) is 5.30. The first-order valence-corrected chi connectivity index (χ1v) is 7.56. The highest BCUT2D eigenvalue weighted by molar-refractivity contribution is 7.92. The largest absolute Gasteiger partial charge is 0.396 e. The van der Waals surface area contributed by atoms with E-state index < -0.39 is 15.8 Å². The minimum Gasteiger partial charge on any atom is -0.396 e. The maximum Gasteiger partial charge on any atom is 0.261 e. The highest BCUT2D eigenvalue weighted by atomic mass is 35.5. The van der Waals surface area contributed by atoms with Crippen molar-refractivity contribution in [3.63, 3.8) is 0 Å². The molecule has 0 bridgehead atoms. The summed E-state index contributed by atoms with van der Waals surface area (Å²) in [6.07, 6.45) is 0. The highest BCUT2D eigenvalue weighted by Crippen LogP contribution is 2.25. The second-order valence-electron chi connectivity index (χ2n) is 3.95. The number of nitrogens with one attached hydrogen (secondary N) is 1. The number of hydrogen-bond acceptors (Lipinski definition) is 3. The minimum atomic E-state index is -3.90. The van der Waals surface area contributed by atoms with E-state index in [-0.39, 0.29) is 26.3 Å². The average molecular weight is 335 g/mol. The van der Waals surface area contributed by atoms with Gasteiger partial charge in [-0.2, -0.15) is 0 Å². The zero-order valence-corrected chi connectivity index (χ0v) is 12.2. The van der Waals surface area contributed by atoms with Crippen LogP contribution in [0, 0.1) is 5.82 Å². The van der Waals surface area contributed by atoms with Gasteiger partial charge >= 0.3 is 0 Å². The van der Waals surface area contributed by atoms with E-state index in [1.54, 1.807) is 0 Å². The fraction of sp³-hybridized carbons (Fsp3) is 0. The van der Waals surface area contributed by atoms with Crippen LogP contribution in [0.5, 0.6) is 0 Å². The quantitative estimate of drug-likeness (QED) is 0.843. The van der Waals surface area contributed by atoms with E-state index in [0.717, 1.165) is 18.2 Å². The first-order chi connectivity index (χ1) is 9.28. The van der Waals surface area contributed by atoms with E-state index in [2.05, 4.69) is 4.72 Å². The Morgan fingerprint density at radius 1 is 1.05 bits per heavy atom. The van der Waals surface area contributed by atoms with Crippen LogP contribution in [0.15, 0.2) is 41.3 Å². The lowest BCUT2D eigenvalue weighted by Crippen LogP contribution is -2.13. The molecule has 4 nitrogen and oxygen atoms in total. The van der Waals surface area contributed by atoms with Crippen molar-refractivity contribution in [2.24, 2.45) is 0 Å². The topological polar surface area (TPSA) is 72.2 Å². The monoisotopic (exact) mass is 334 g/mol. The van der Waals surface area contributed by atoms with Crippen molar-refractivity contribution in [2.75, 3.05) is 10.5 Å². The molecular formula is C12H9Cl2FN2O2S. The first kappa shape index (κ1) is 14.9. The normalized spacial score (nSPS) is 11.3. The van der Waals surface area contributed by atoms with Crippen molar-refractivity contribution >= 4 is 44.6 Å². The first-order valence-electron chi connectivity index (χ1n) is 5.32. The SMILES string of the molecule is Nc1cc(S(=O)(=O)Nc2cc(Cl)cc(Cl)c2)ccc1F. The highest BCUT2D eigenvalue weighted by Gasteiger charge is 2.16. The second-order valence-corrected chi connectivity index (χ2v) is 6.50.